The van der Waals surface area contributed by atoms with Gasteiger partial charge in [0, 0.05) is 43.7 Å². The Bertz CT molecular complexity index is 1400. The highest BCUT2D eigenvalue weighted by Crippen LogP contribution is 2.30. The lowest BCUT2D eigenvalue weighted by atomic mass is 10.1. The van der Waals surface area contributed by atoms with Crippen molar-refractivity contribution in [3.63, 3.8) is 0 Å². The van der Waals surface area contributed by atoms with E-state index in [1.807, 2.05) is 54.1 Å². The number of ether oxygens (including phenoxy) is 1. The van der Waals surface area contributed by atoms with Crippen LogP contribution in [0.3, 0.4) is 0 Å². The zero-order valence-corrected chi connectivity index (χ0v) is 20.9. The summed E-state index contributed by atoms with van der Waals surface area (Å²) in [7, 11) is 3.47. The van der Waals surface area contributed by atoms with Crippen molar-refractivity contribution in [2.45, 2.75) is 32.0 Å². The molecule has 7 nitrogen and oxygen atoms in total. The number of hydrogen-bond acceptors (Lipinski definition) is 5. The number of benzene rings is 2. The van der Waals surface area contributed by atoms with Crippen molar-refractivity contribution >= 4 is 51.9 Å². The lowest BCUT2D eigenvalue weighted by Gasteiger charge is -2.32. The molecule has 1 atom stereocenters. The van der Waals surface area contributed by atoms with Crippen LogP contribution in [0.15, 0.2) is 47.3 Å². The summed E-state index contributed by atoms with van der Waals surface area (Å²) in [5.41, 5.74) is 10.3. The maximum atomic E-state index is 13.7. The van der Waals surface area contributed by atoms with E-state index in [2.05, 4.69) is 4.90 Å². The molecule has 180 valence electrons. The molecule has 1 saturated heterocycles. The number of pyridine rings is 1. The number of imidazole rings is 1. The van der Waals surface area contributed by atoms with Crippen LogP contribution >= 0.6 is 24.0 Å². The second-order valence-electron chi connectivity index (χ2n) is 8.78. The number of nitrogens with zero attached hydrogens (tertiary/aromatic N) is 4. The van der Waals surface area contributed by atoms with Crippen molar-refractivity contribution in [2.24, 2.45) is 12.8 Å². The fourth-order valence-electron chi connectivity index (χ4n) is 4.81. The van der Waals surface area contributed by atoms with Crippen molar-refractivity contribution in [1.82, 2.24) is 14.1 Å². The third-order valence-corrected chi connectivity index (χ3v) is 6.84. The van der Waals surface area contributed by atoms with Crippen molar-refractivity contribution < 1.29 is 4.74 Å². The van der Waals surface area contributed by atoms with E-state index in [9.17, 15) is 4.79 Å². The van der Waals surface area contributed by atoms with Crippen LogP contribution in [0.1, 0.15) is 24.0 Å². The molecule has 1 aliphatic heterocycles. The van der Waals surface area contributed by atoms with E-state index in [1.54, 1.807) is 11.7 Å². The molecular formula is C25H29Cl2N5O2. The summed E-state index contributed by atoms with van der Waals surface area (Å²) in [6.07, 6.45) is 1.99. The highest BCUT2D eigenvalue weighted by atomic mass is 35.5. The summed E-state index contributed by atoms with van der Waals surface area (Å²) in [4.78, 5) is 20.9. The van der Waals surface area contributed by atoms with Crippen LogP contribution in [0.5, 0.6) is 0 Å². The van der Waals surface area contributed by atoms with Crippen molar-refractivity contribution in [3.8, 4) is 0 Å². The number of methoxy groups -OCH3 is 1. The van der Waals surface area contributed by atoms with E-state index >= 15 is 0 Å². The van der Waals surface area contributed by atoms with E-state index < -0.39 is 0 Å². The van der Waals surface area contributed by atoms with Gasteiger partial charge in [0.05, 0.1) is 18.7 Å². The summed E-state index contributed by atoms with van der Waals surface area (Å²) in [5.74, 6) is 0.769. The minimum absolute atomic E-state index is 0. The first kappa shape index (κ1) is 24.5. The number of aryl methyl sites for hydroxylation is 1. The van der Waals surface area contributed by atoms with Crippen LogP contribution in [0.2, 0.25) is 5.02 Å². The van der Waals surface area contributed by atoms with Gasteiger partial charge in [-0.2, -0.15) is 0 Å². The Kier molecular flexibility index (Phi) is 7.19. The Morgan fingerprint density at radius 2 is 2.03 bits per heavy atom. The van der Waals surface area contributed by atoms with Crippen molar-refractivity contribution in [3.05, 3.63) is 69.0 Å². The number of anilines is 1. The molecule has 0 saturated carbocycles. The van der Waals surface area contributed by atoms with Gasteiger partial charge in [0.1, 0.15) is 11.0 Å². The van der Waals surface area contributed by atoms with Crippen LogP contribution < -0.4 is 16.2 Å². The first-order valence-electron chi connectivity index (χ1n) is 11.2. The molecular weight excluding hydrogens is 473 g/mol. The van der Waals surface area contributed by atoms with Crippen LogP contribution in [0.25, 0.3) is 21.9 Å². The van der Waals surface area contributed by atoms with Gasteiger partial charge in [0.2, 0.25) is 5.95 Å². The number of fused-ring (bicyclic) bond motifs is 3. The Labute approximate surface area is 209 Å². The molecule has 5 rings (SSSR count). The van der Waals surface area contributed by atoms with E-state index in [0.29, 0.717) is 35.8 Å². The van der Waals surface area contributed by atoms with E-state index in [4.69, 9.17) is 27.1 Å². The highest BCUT2D eigenvalue weighted by Gasteiger charge is 2.26. The average molecular weight is 502 g/mol. The third-order valence-electron chi connectivity index (χ3n) is 6.47. The molecule has 3 heterocycles. The second-order valence-corrected chi connectivity index (χ2v) is 9.19. The van der Waals surface area contributed by atoms with Gasteiger partial charge in [-0.05, 0) is 36.1 Å². The number of aromatic nitrogens is 3. The van der Waals surface area contributed by atoms with E-state index in [1.165, 1.54) is 0 Å². The zero-order chi connectivity index (χ0) is 23.1. The smallest absolute Gasteiger partial charge is 0.277 e. The summed E-state index contributed by atoms with van der Waals surface area (Å²) in [6, 6.07) is 13.9. The fourth-order valence-corrected chi connectivity index (χ4v) is 5.00. The Morgan fingerprint density at radius 3 is 2.76 bits per heavy atom. The minimum atomic E-state index is -0.0841. The van der Waals surface area contributed by atoms with Gasteiger partial charge >= 0.3 is 0 Å². The fraction of sp³-hybridized carbons (Fsp3) is 0.360. The molecule has 34 heavy (non-hydrogen) atoms. The van der Waals surface area contributed by atoms with Crippen LogP contribution in [0, 0.1) is 0 Å². The molecule has 0 bridgehead atoms. The highest BCUT2D eigenvalue weighted by molar-refractivity contribution is 6.31. The monoisotopic (exact) mass is 501 g/mol. The molecule has 2 N–H and O–H groups in total. The van der Waals surface area contributed by atoms with E-state index in [-0.39, 0.29) is 24.0 Å². The summed E-state index contributed by atoms with van der Waals surface area (Å²) >= 11 is 6.50. The van der Waals surface area contributed by atoms with Gasteiger partial charge in [-0.15, -0.1) is 12.4 Å². The molecule has 1 fully saturated rings. The van der Waals surface area contributed by atoms with Gasteiger partial charge in [-0.3, -0.25) is 4.79 Å². The first-order chi connectivity index (χ1) is 16.0. The summed E-state index contributed by atoms with van der Waals surface area (Å²) < 4.78 is 9.00. The molecule has 0 amide bonds. The van der Waals surface area contributed by atoms with Gasteiger partial charge in [0.25, 0.3) is 5.56 Å². The molecule has 0 aliphatic carbocycles. The Hall–Kier alpha value is -2.58. The van der Waals surface area contributed by atoms with E-state index in [0.717, 1.165) is 47.4 Å². The Balaban J connectivity index is 0.00000274. The summed E-state index contributed by atoms with van der Waals surface area (Å²) in [6.45, 7) is 2.51. The van der Waals surface area contributed by atoms with Gasteiger partial charge in [-0.25, -0.2) is 4.98 Å². The normalized spacial score (nSPS) is 16.2. The predicted octanol–water partition coefficient (Wildman–Crippen LogP) is 4.09. The number of piperidine rings is 1. The average Bonchev–Trinajstić information content (AvgIpc) is 3.18. The van der Waals surface area contributed by atoms with Gasteiger partial charge in [0.15, 0.2) is 0 Å². The lowest BCUT2D eigenvalue weighted by Crippen LogP contribution is -2.44. The molecule has 4 aromatic rings. The third kappa shape index (κ3) is 4.29. The number of rotatable bonds is 5. The number of halogens is 2. The predicted molar refractivity (Wildman–Crippen MR) is 140 cm³/mol. The second kappa shape index (κ2) is 9.96. The quantitative estimate of drug-likeness (QED) is 0.445. The maximum Gasteiger partial charge on any atom is 0.277 e. The Morgan fingerprint density at radius 1 is 1.24 bits per heavy atom. The SMILES string of the molecule is COCc1ccc2c3nc(N4CCC[C@@H](N)C4)n(Cc4ccccc4Cl)c3c(=O)n(C)c2c1.Cl. The van der Waals surface area contributed by atoms with Crippen molar-refractivity contribution in [2.75, 3.05) is 25.1 Å². The molecule has 2 aromatic heterocycles. The number of hydrogen-bond donors (Lipinski definition) is 1. The van der Waals surface area contributed by atoms with Gasteiger partial charge in [-0.1, -0.05) is 41.9 Å². The molecule has 0 radical (unpaired) electrons. The lowest BCUT2D eigenvalue weighted by molar-refractivity contribution is 0.185. The van der Waals surface area contributed by atoms with Crippen molar-refractivity contribution in [1.29, 1.82) is 0 Å². The minimum Gasteiger partial charge on any atom is -0.380 e. The standard InChI is InChI=1S/C25H28ClN5O2.ClH/c1-29-21-12-16(15-33-2)9-10-19(21)22-23(24(29)32)31(13-17-6-3-4-8-20(17)26)25(28-22)30-11-5-7-18(27)14-30;/h3-4,6,8-10,12,18H,5,7,11,13-15,27H2,1-2H3;1H/t18-;/m1./s1. The van der Waals surface area contributed by atoms with Gasteiger partial charge < -0.3 is 24.5 Å². The van der Waals surface area contributed by atoms with Crippen LogP contribution in [0.4, 0.5) is 5.95 Å². The largest absolute Gasteiger partial charge is 0.380 e. The van der Waals surface area contributed by atoms with Crippen LogP contribution in [-0.2, 0) is 24.9 Å². The molecule has 1 aliphatic rings. The molecule has 0 unspecified atom stereocenters. The molecule has 2 aromatic carbocycles. The summed E-state index contributed by atoms with van der Waals surface area (Å²) in [5, 5.41) is 1.61. The maximum absolute atomic E-state index is 13.7. The topological polar surface area (TPSA) is 78.3 Å². The first-order valence-corrected chi connectivity index (χ1v) is 11.6. The zero-order valence-electron chi connectivity index (χ0n) is 19.3. The molecule has 9 heteroatoms. The van der Waals surface area contributed by atoms with Crippen LogP contribution in [-0.4, -0.2) is 40.4 Å². The molecule has 0 spiro atoms. The number of nitrogens with two attached hydrogens (primary N) is 1.